The Hall–Kier alpha value is 0.1000. The molecule has 0 aromatic carbocycles. The van der Waals surface area contributed by atoms with Crippen molar-refractivity contribution in [2.75, 3.05) is 21.3 Å². The van der Waals surface area contributed by atoms with Gasteiger partial charge in [-0.25, -0.2) is 0 Å². The summed E-state index contributed by atoms with van der Waals surface area (Å²) in [6, 6.07) is 0. The van der Waals surface area contributed by atoms with Crippen LogP contribution in [-0.2, 0) is 23.1 Å². The number of carbonyl (C=O) groups excluding carboxylic acids is 1. The molecule has 0 aliphatic rings. The first kappa shape index (κ1) is 12.1. The average Bonchev–Trinajstić information content (AvgIpc) is 2.14. The fraction of sp³-hybridized carbons (Fsp3) is 0.800. The van der Waals surface area contributed by atoms with Crippen LogP contribution in [-0.4, -0.2) is 31.9 Å². The summed E-state index contributed by atoms with van der Waals surface area (Å²) in [5.41, 5.74) is 0. The second kappa shape index (κ2) is 4.97. The summed E-state index contributed by atoms with van der Waals surface area (Å²) >= 11 is 2.86. The summed E-state index contributed by atoms with van der Waals surface area (Å²) < 4.78 is 23.8. The molecule has 0 aromatic rings. The van der Waals surface area contributed by atoms with Crippen molar-refractivity contribution in [2.45, 2.75) is 4.57 Å². The van der Waals surface area contributed by atoms with E-state index in [9.17, 15) is 9.36 Å². The molecule has 0 heterocycles. The minimum atomic E-state index is -3.40. The fourth-order valence-electron chi connectivity index (χ4n) is 0.486. The van der Waals surface area contributed by atoms with Crippen LogP contribution in [0.5, 0.6) is 0 Å². The number of alkyl halides is 1. The largest absolute Gasteiger partial charge is 0.468 e. The number of halogens is 1. The molecule has 12 heavy (non-hydrogen) atoms. The third-order valence-electron chi connectivity index (χ3n) is 1.18. The van der Waals surface area contributed by atoms with Gasteiger partial charge in [0.15, 0.2) is 0 Å². The Bertz CT molecular complexity index is 198. The van der Waals surface area contributed by atoms with Gasteiger partial charge in [0.25, 0.3) is 0 Å². The fourth-order valence-corrected chi connectivity index (χ4v) is 2.56. The number of esters is 1. The quantitative estimate of drug-likeness (QED) is 0.434. The smallest absolute Gasteiger partial charge is 0.355 e. The molecule has 0 aliphatic carbocycles. The molecule has 0 bridgehead atoms. The lowest BCUT2D eigenvalue weighted by Crippen LogP contribution is -2.17. The molecule has 7 heteroatoms. The van der Waals surface area contributed by atoms with Gasteiger partial charge < -0.3 is 13.8 Å². The van der Waals surface area contributed by atoms with Gasteiger partial charge in [0.05, 0.1) is 7.11 Å². The summed E-state index contributed by atoms with van der Waals surface area (Å²) in [6.45, 7) is 0. The summed E-state index contributed by atoms with van der Waals surface area (Å²) in [7, 11) is 0.176. The van der Waals surface area contributed by atoms with E-state index in [1.807, 2.05) is 0 Å². The molecule has 0 N–H and O–H groups in total. The second-order valence-electron chi connectivity index (χ2n) is 1.76. The first-order valence-corrected chi connectivity index (χ1v) is 5.47. The number of carbonyl (C=O) groups is 1. The van der Waals surface area contributed by atoms with Crippen LogP contribution >= 0.6 is 23.5 Å². The molecular formula is C5H10BrO5P. The predicted molar refractivity (Wildman–Crippen MR) is 46.4 cm³/mol. The van der Waals surface area contributed by atoms with Gasteiger partial charge in [0.2, 0.25) is 4.57 Å². The van der Waals surface area contributed by atoms with Gasteiger partial charge in [-0.05, 0) is 0 Å². The van der Waals surface area contributed by atoms with Crippen molar-refractivity contribution in [3.05, 3.63) is 0 Å². The molecule has 0 spiro atoms. The third-order valence-corrected chi connectivity index (χ3v) is 4.84. The SMILES string of the molecule is COC(=O)C(Br)P(=O)(OC)OC. The van der Waals surface area contributed by atoms with Gasteiger partial charge in [0, 0.05) is 14.2 Å². The van der Waals surface area contributed by atoms with E-state index in [1.54, 1.807) is 0 Å². The number of hydrogen-bond donors (Lipinski definition) is 0. The highest BCUT2D eigenvalue weighted by molar-refractivity contribution is 9.11. The summed E-state index contributed by atoms with van der Waals surface area (Å²) in [6.07, 6.45) is 0. The van der Waals surface area contributed by atoms with Crippen LogP contribution in [0.25, 0.3) is 0 Å². The molecular weight excluding hydrogens is 251 g/mol. The molecule has 0 aliphatic heterocycles. The van der Waals surface area contributed by atoms with Crippen molar-refractivity contribution in [3.63, 3.8) is 0 Å². The monoisotopic (exact) mass is 260 g/mol. The van der Waals surface area contributed by atoms with Crippen molar-refractivity contribution < 1.29 is 23.1 Å². The molecule has 0 rings (SSSR count). The van der Waals surface area contributed by atoms with Crippen molar-refractivity contribution in [1.82, 2.24) is 0 Å². The molecule has 0 fully saturated rings. The standard InChI is InChI=1S/C5H10BrO5P/c1-9-5(7)4(6)12(8,10-2)11-3/h4H,1-3H3. The van der Waals surface area contributed by atoms with Crippen LogP contribution in [0.2, 0.25) is 0 Å². The number of hydrogen-bond acceptors (Lipinski definition) is 5. The molecule has 5 nitrogen and oxygen atoms in total. The molecule has 0 saturated heterocycles. The van der Waals surface area contributed by atoms with Crippen LogP contribution in [0.3, 0.4) is 0 Å². The minimum absolute atomic E-state index is 0.693. The van der Waals surface area contributed by atoms with Crippen LogP contribution in [0.15, 0.2) is 0 Å². The molecule has 1 atom stereocenters. The zero-order valence-corrected chi connectivity index (χ0v) is 9.42. The summed E-state index contributed by atoms with van der Waals surface area (Å²) in [5, 5.41) is 0. The second-order valence-corrected chi connectivity index (χ2v) is 5.71. The van der Waals surface area contributed by atoms with E-state index in [1.165, 1.54) is 21.3 Å². The lowest BCUT2D eigenvalue weighted by atomic mass is 10.8. The maximum Gasteiger partial charge on any atom is 0.355 e. The Balaban J connectivity index is 4.53. The molecule has 0 aromatic heterocycles. The van der Waals surface area contributed by atoms with E-state index in [2.05, 4.69) is 29.7 Å². The highest BCUT2D eigenvalue weighted by atomic mass is 79.9. The first-order chi connectivity index (χ1) is 5.51. The number of ether oxygens (including phenoxy) is 1. The van der Waals surface area contributed by atoms with Crippen molar-refractivity contribution in [2.24, 2.45) is 0 Å². The Morgan fingerprint density at radius 2 is 1.75 bits per heavy atom. The van der Waals surface area contributed by atoms with Crippen LogP contribution in [0, 0.1) is 0 Å². The lowest BCUT2D eigenvalue weighted by Gasteiger charge is -2.16. The molecule has 0 saturated carbocycles. The van der Waals surface area contributed by atoms with Crippen LogP contribution in [0.1, 0.15) is 0 Å². The topological polar surface area (TPSA) is 61.8 Å². The maximum absolute atomic E-state index is 11.5. The Labute approximate surface area is 79.0 Å². The van der Waals surface area contributed by atoms with E-state index in [4.69, 9.17) is 0 Å². The lowest BCUT2D eigenvalue weighted by molar-refractivity contribution is -0.138. The summed E-state index contributed by atoms with van der Waals surface area (Å²) in [5.74, 6) is -0.693. The van der Waals surface area contributed by atoms with Gasteiger partial charge >= 0.3 is 13.6 Å². The van der Waals surface area contributed by atoms with Crippen molar-refractivity contribution in [3.8, 4) is 0 Å². The zero-order valence-electron chi connectivity index (χ0n) is 6.94. The highest BCUT2D eigenvalue weighted by Gasteiger charge is 2.38. The highest BCUT2D eigenvalue weighted by Crippen LogP contribution is 2.54. The van der Waals surface area contributed by atoms with E-state index in [0.29, 0.717) is 0 Å². The summed E-state index contributed by atoms with van der Waals surface area (Å²) in [4.78, 5) is 10.9. The van der Waals surface area contributed by atoms with Gasteiger partial charge in [-0.3, -0.25) is 9.36 Å². The number of methoxy groups -OCH3 is 1. The third kappa shape index (κ3) is 2.55. The van der Waals surface area contributed by atoms with Gasteiger partial charge in [0.1, 0.15) is 0 Å². The van der Waals surface area contributed by atoms with Gasteiger partial charge in [-0.2, -0.15) is 0 Å². The van der Waals surface area contributed by atoms with Crippen LogP contribution < -0.4 is 0 Å². The number of rotatable bonds is 4. The van der Waals surface area contributed by atoms with E-state index >= 15 is 0 Å². The first-order valence-electron chi connectivity index (χ1n) is 2.95. The molecule has 72 valence electrons. The minimum Gasteiger partial charge on any atom is -0.468 e. The Kier molecular flexibility index (Phi) is 5.01. The van der Waals surface area contributed by atoms with E-state index in [0.717, 1.165) is 0 Å². The molecule has 0 radical (unpaired) electrons. The van der Waals surface area contributed by atoms with Crippen LogP contribution in [0.4, 0.5) is 0 Å². The van der Waals surface area contributed by atoms with Gasteiger partial charge in [-0.15, -0.1) is 0 Å². The predicted octanol–water partition coefficient (Wildman–Crippen LogP) is 1.37. The van der Waals surface area contributed by atoms with E-state index in [-0.39, 0.29) is 0 Å². The zero-order chi connectivity index (χ0) is 9.78. The molecule has 1 unspecified atom stereocenters. The Morgan fingerprint density at radius 3 is 2.00 bits per heavy atom. The normalized spacial score (nSPS) is 14.0. The Morgan fingerprint density at radius 1 is 1.33 bits per heavy atom. The van der Waals surface area contributed by atoms with Gasteiger partial charge in [-0.1, -0.05) is 15.9 Å². The van der Waals surface area contributed by atoms with Crippen molar-refractivity contribution >= 4 is 29.5 Å². The average molecular weight is 261 g/mol. The van der Waals surface area contributed by atoms with E-state index < -0.39 is 18.1 Å². The maximum atomic E-state index is 11.5. The molecule has 0 amide bonds. The van der Waals surface area contributed by atoms with Crippen molar-refractivity contribution in [1.29, 1.82) is 0 Å².